The van der Waals surface area contributed by atoms with E-state index >= 15 is 0 Å². The van der Waals surface area contributed by atoms with Gasteiger partial charge in [-0.1, -0.05) is 66.7 Å². The van der Waals surface area contributed by atoms with E-state index in [1.165, 1.54) is 17.7 Å². The molecule has 3 aromatic carbocycles. The molecular weight excluding hydrogens is 431 g/mol. The van der Waals surface area contributed by atoms with Crippen LogP contribution in [-0.2, 0) is 11.2 Å². The first kappa shape index (κ1) is 21.6. The Morgan fingerprint density at radius 1 is 1.06 bits per heavy atom. The van der Waals surface area contributed by atoms with Crippen molar-refractivity contribution in [1.82, 2.24) is 4.98 Å². The van der Waals surface area contributed by atoms with Crippen LogP contribution in [0.25, 0.3) is 39.8 Å². The number of hydrogen-bond donors (Lipinski definition) is 2. The summed E-state index contributed by atoms with van der Waals surface area (Å²) in [6.45, 7) is 1.78. The number of fused-ring (bicyclic) bond motifs is 1. The normalized spacial score (nSPS) is 13.0. The molecule has 34 heavy (non-hydrogen) atoms. The molecule has 0 amide bonds. The van der Waals surface area contributed by atoms with Crippen LogP contribution in [0.1, 0.15) is 24.5 Å². The molecule has 5 rings (SSSR count). The molecule has 0 radical (unpaired) electrons. The van der Waals surface area contributed by atoms with Crippen LogP contribution in [0.3, 0.4) is 0 Å². The third kappa shape index (κ3) is 4.35. The first-order chi connectivity index (χ1) is 16.5. The van der Waals surface area contributed by atoms with E-state index in [1.54, 1.807) is 19.1 Å². The number of hydrogen-bond acceptors (Lipinski definition) is 4. The molecule has 1 aliphatic carbocycles. The van der Waals surface area contributed by atoms with Crippen molar-refractivity contribution < 1.29 is 18.7 Å². The van der Waals surface area contributed by atoms with Crippen molar-refractivity contribution in [1.29, 1.82) is 0 Å². The van der Waals surface area contributed by atoms with Crippen LogP contribution < -0.4 is 5.32 Å². The largest absolute Gasteiger partial charge is 0.481 e. The van der Waals surface area contributed by atoms with Gasteiger partial charge in [-0.2, -0.15) is 4.98 Å². The van der Waals surface area contributed by atoms with Gasteiger partial charge in [0.25, 0.3) is 6.01 Å². The molecule has 0 saturated heterocycles. The standard InChI is InChI=1S/C28H23FN2O3/c1-17(16-25(32)33)30-28-31-26(27(34-28)24-7-3-5-20-4-2-6-23(20)24)21-10-8-18(9-11-21)19-12-14-22(29)15-13-19/h2-3,5-15,17H,4,16H2,1H3,(H,30,31)(H,32,33). The highest BCUT2D eigenvalue weighted by molar-refractivity contribution is 5.85. The van der Waals surface area contributed by atoms with E-state index < -0.39 is 5.97 Å². The van der Waals surface area contributed by atoms with Gasteiger partial charge >= 0.3 is 5.97 Å². The minimum atomic E-state index is -0.894. The summed E-state index contributed by atoms with van der Waals surface area (Å²) in [5, 5.41) is 12.2. The Morgan fingerprint density at radius 3 is 2.44 bits per heavy atom. The maximum atomic E-state index is 13.3. The van der Waals surface area contributed by atoms with Crippen LogP contribution in [0, 0.1) is 5.82 Å². The van der Waals surface area contributed by atoms with E-state index in [9.17, 15) is 9.18 Å². The van der Waals surface area contributed by atoms with Gasteiger partial charge in [0.2, 0.25) is 0 Å². The molecule has 6 heteroatoms. The lowest BCUT2D eigenvalue weighted by Gasteiger charge is -2.09. The molecule has 170 valence electrons. The molecule has 5 nitrogen and oxygen atoms in total. The molecule has 1 heterocycles. The average Bonchev–Trinajstić information content (AvgIpc) is 3.46. The maximum absolute atomic E-state index is 13.3. The van der Waals surface area contributed by atoms with E-state index in [0.29, 0.717) is 11.5 Å². The van der Waals surface area contributed by atoms with Gasteiger partial charge in [-0.15, -0.1) is 0 Å². The molecule has 0 saturated carbocycles. The molecule has 2 N–H and O–H groups in total. The van der Waals surface area contributed by atoms with Gasteiger partial charge in [-0.3, -0.25) is 4.79 Å². The fourth-order valence-corrected chi connectivity index (χ4v) is 4.24. The number of allylic oxidation sites excluding steroid dienone is 1. The molecule has 0 fully saturated rings. The Bertz CT molecular complexity index is 1370. The fourth-order valence-electron chi connectivity index (χ4n) is 4.24. The van der Waals surface area contributed by atoms with Crippen LogP contribution in [-0.4, -0.2) is 22.1 Å². The number of benzene rings is 3. The summed E-state index contributed by atoms with van der Waals surface area (Å²) in [6, 6.07) is 20.3. The van der Waals surface area contributed by atoms with Crippen molar-refractivity contribution in [2.75, 3.05) is 5.32 Å². The molecule has 1 unspecified atom stereocenters. The lowest BCUT2D eigenvalue weighted by atomic mass is 9.97. The quantitative estimate of drug-likeness (QED) is 0.327. The minimum absolute atomic E-state index is 0.0527. The molecular formula is C28H23FN2O3. The number of halogens is 1. The summed E-state index contributed by atoms with van der Waals surface area (Å²) in [4.78, 5) is 15.8. The van der Waals surface area contributed by atoms with Crippen molar-refractivity contribution in [3.8, 4) is 33.7 Å². The van der Waals surface area contributed by atoms with Crippen molar-refractivity contribution in [2.45, 2.75) is 25.8 Å². The number of anilines is 1. The minimum Gasteiger partial charge on any atom is -0.481 e. The highest BCUT2D eigenvalue weighted by Crippen LogP contribution is 2.39. The lowest BCUT2D eigenvalue weighted by molar-refractivity contribution is -0.137. The van der Waals surface area contributed by atoms with Crippen LogP contribution in [0.4, 0.5) is 10.4 Å². The second kappa shape index (κ2) is 8.98. The van der Waals surface area contributed by atoms with E-state index in [2.05, 4.69) is 23.5 Å². The molecule has 4 aromatic rings. The number of carboxylic acids is 1. The van der Waals surface area contributed by atoms with Gasteiger partial charge in [0.05, 0.1) is 6.42 Å². The van der Waals surface area contributed by atoms with Crippen LogP contribution >= 0.6 is 0 Å². The van der Waals surface area contributed by atoms with Gasteiger partial charge in [-0.25, -0.2) is 4.39 Å². The summed E-state index contributed by atoms with van der Waals surface area (Å²) < 4.78 is 19.5. The Hall–Kier alpha value is -4.19. The van der Waals surface area contributed by atoms with Gasteiger partial charge in [0, 0.05) is 17.2 Å². The second-order valence-electron chi connectivity index (χ2n) is 8.41. The van der Waals surface area contributed by atoms with Gasteiger partial charge in [0.15, 0.2) is 5.76 Å². The van der Waals surface area contributed by atoms with Gasteiger partial charge < -0.3 is 14.8 Å². The summed E-state index contributed by atoms with van der Waals surface area (Å²) in [5.41, 5.74) is 6.69. The van der Waals surface area contributed by atoms with Gasteiger partial charge in [0.1, 0.15) is 11.5 Å². The Kier molecular flexibility index (Phi) is 5.72. The third-order valence-corrected chi connectivity index (χ3v) is 5.88. The molecule has 1 aromatic heterocycles. The summed E-state index contributed by atoms with van der Waals surface area (Å²) in [6.07, 6.45) is 5.03. The molecule has 1 aliphatic rings. The predicted molar refractivity (Wildman–Crippen MR) is 131 cm³/mol. The maximum Gasteiger partial charge on any atom is 0.305 e. The molecule has 0 bridgehead atoms. The number of aliphatic carboxylic acids is 1. The number of nitrogens with one attached hydrogen (secondary N) is 1. The topological polar surface area (TPSA) is 75.4 Å². The Balaban J connectivity index is 1.55. The van der Waals surface area contributed by atoms with Crippen LogP contribution in [0.2, 0.25) is 0 Å². The van der Waals surface area contributed by atoms with E-state index in [-0.39, 0.29) is 24.3 Å². The third-order valence-electron chi connectivity index (χ3n) is 5.88. The number of carboxylic acid groups (broad SMARTS) is 1. The van der Waals surface area contributed by atoms with Gasteiger partial charge in [-0.05, 0) is 47.7 Å². The number of rotatable bonds is 7. The molecule has 0 aliphatic heterocycles. The zero-order chi connectivity index (χ0) is 23.7. The lowest BCUT2D eigenvalue weighted by Crippen LogP contribution is -2.19. The number of nitrogens with zero attached hydrogens (tertiary/aromatic N) is 1. The first-order valence-electron chi connectivity index (χ1n) is 11.1. The smallest absolute Gasteiger partial charge is 0.305 e. The predicted octanol–water partition coefficient (Wildman–Crippen LogP) is 6.66. The highest BCUT2D eigenvalue weighted by Gasteiger charge is 2.22. The second-order valence-corrected chi connectivity index (χ2v) is 8.41. The summed E-state index contributed by atoms with van der Waals surface area (Å²) in [7, 11) is 0. The van der Waals surface area contributed by atoms with Crippen LogP contribution in [0.15, 0.2) is 77.2 Å². The highest BCUT2D eigenvalue weighted by atomic mass is 19.1. The number of oxazole rings is 1. The van der Waals surface area contributed by atoms with Crippen LogP contribution in [0.5, 0.6) is 0 Å². The zero-order valence-electron chi connectivity index (χ0n) is 18.6. The zero-order valence-corrected chi connectivity index (χ0v) is 18.6. The first-order valence-corrected chi connectivity index (χ1v) is 11.1. The van der Waals surface area contributed by atoms with Crippen molar-refractivity contribution in [3.05, 3.63) is 89.8 Å². The SMILES string of the molecule is CC(CC(=O)O)Nc1nc(-c2ccc(-c3ccc(F)cc3)cc2)c(-c2cccc3c2C=CC3)o1. The number of aromatic nitrogens is 1. The number of carbonyl (C=O) groups is 1. The van der Waals surface area contributed by atoms with Crippen molar-refractivity contribution in [2.24, 2.45) is 0 Å². The van der Waals surface area contributed by atoms with E-state index in [4.69, 9.17) is 14.5 Å². The fraction of sp³-hybridized carbons (Fsp3) is 0.143. The Labute approximate surface area is 196 Å². The molecule has 1 atom stereocenters. The van der Waals surface area contributed by atoms with Crippen molar-refractivity contribution in [3.63, 3.8) is 0 Å². The van der Waals surface area contributed by atoms with E-state index in [0.717, 1.165) is 34.2 Å². The average molecular weight is 455 g/mol. The summed E-state index contributed by atoms with van der Waals surface area (Å²) >= 11 is 0. The monoisotopic (exact) mass is 454 g/mol. The summed E-state index contributed by atoms with van der Waals surface area (Å²) in [5.74, 6) is -0.536. The van der Waals surface area contributed by atoms with E-state index in [1.807, 2.05) is 36.4 Å². The van der Waals surface area contributed by atoms with Crippen molar-refractivity contribution >= 4 is 18.1 Å². The molecule has 0 spiro atoms. The Morgan fingerprint density at radius 2 is 1.74 bits per heavy atom.